The van der Waals surface area contributed by atoms with E-state index in [0.717, 1.165) is 37.8 Å². The van der Waals surface area contributed by atoms with Gasteiger partial charge in [0.1, 0.15) is 0 Å². The number of nitrogens with one attached hydrogen (secondary N) is 2. The Labute approximate surface area is 128 Å². The van der Waals surface area contributed by atoms with Crippen LogP contribution in [-0.2, 0) is 19.2 Å². The molecule has 0 heterocycles. The quantitative estimate of drug-likeness (QED) is 0.440. The summed E-state index contributed by atoms with van der Waals surface area (Å²) in [5.74, 6) is 0. The van der Waals surface area contributed by atoms with Crippen LogP contribution in [0.1, 0.15) is 44.9 Å². The summed E-state index contributed by atoms with van der Waals surface area (Å²) in [6.45, 7) is 1.12. The van der Waals surface area contributed by atoms with Crippen molar-refractivity contribution in [3.63, 3.8) is 0 Å². The molecule has 1 rings (SSSR count). The Bertz CT molecular complexity index is 435. The topological polar surface area (TPSA) is 141 Å². The van der Waals surface area contributed by atoms with Crippen molar-refractivity contribution in [2.75, 3.05) is 13.1 Å². The molecule has 0 radical (unpaired) electrons. The lowest BCUT2D eigenvalue weighted by Crippen LogP contribution is -2.27. The maximum Gasteiger partial charge on any atom is 0.234 e. The third kappa shape index (κ3) is 12.5. The fraction of sp³-hybridized carbons (Fsp3) is 0.714. The van der Waals surface area contributed by atoms with Crippen LogP contribution in [-0.4, -0.2) is 37.4 Å². The largest absolute Gasteiger partial charge is 0.234 e. The van der Waals surface area contributed by atoms with Gasteiger partial charge in [0, 0.05) is 0 Å². The van der Waals surface area contributed by atoms with Crippen LogP contribution < -0.4 is 0 Å². The van der Waals surface area contributed by atoms with Crippen LogP contribution in [0.5, 0.6) is 0 Å². The summed E-state index contributed by atoms with van der Waals surface area (Å²) >= 11 is 0. The van der Waals surface area contributed by atoms with Gasteiger partial charge in [0.2, 0.25) is 24.3 Å². The van der Waals surface area contributed by atoms with Gasteiger partial charge in [-0.1, -0.05) is 19.3 Å². The van der Waals surface area contributed by atoms with Crippen molar-refractivity contribution >= 4 is 24.3 Å². The molecule has 2 N–H and O–H groups in total. The average molecular weight is 308 g/mol. The van der Waals surface area contributed by atoms with Crippen molar-refractivity contribution in [2.45, 2.75) is 44.9 Å². The minimum atomic E-state index is 0.161. The first-order chi connectivity index (χ1) is 10.7. The Balaban J connectivity index is 0. The molecule has 0 amide bonds. The summed E-state index contributed by atoms with van der Waals surface area (Å²) in [4.78, 5) is 44.2. The predicted molar refractivity (Wildman–Crippen MR) is 77.6 cm³/mol. The molecule has 8 nitrogen and oxygen atoms in total. The van der Waals surface area contributed by atoms with E-state index in [0.29, 0.717) is 13.1 Å². The number of carbonyl (C=O) groups excluding carboxylic acids is 4. The van der Waals surface area contributed by atoms with Gasteiger partial charge in [0.05, 0.1) is 13.1 Å². The molecule has 0 atom stereocenters. The van der Waals surface area contributed by atoms with Crippen molar-refractivity contribution in [3.8, 4) is 0 Å². The summed E-state index contributed by atoms with van der Waals surface area (Å²) < 4.78 is 0. The fourth-order valence-corrected chi connectivity index (χ4v) is 2.57. The van der Waals surface area contributed by atoms with Crippen LogP contribution in [0.3, 0.4) is 0 Å². The lowest BCUT2D eigenvalue weighted by molar-refractivity contribution is 0.180. The van der Waals surface area contributed by atoms with Crippen molar-refractivity contribution in [1.29, 1.82) is 10.8 Å². The Hall–Kier alpha value is -2.48. The Kier molecular flexibility index (Phi) is 16.4. The van der Waals surface area contributed by atoms with Crippen molar-refractivity contribution in [1.82, 2.24) is 0 Å². The molecule has 0 bridgehead atoms. The van der Waals surface area contributed by atoms with E-state index in [1.165, 1.54) is 19.3 Å². The third-order valence-corrected chi connectivity index (χ3v) is 3.43. The summed E-state index contributed by atoms with van der Waals surface area (Å²) in [6, 6.07) is 0. The van der Waals surface area contributed by atoms with Gasteiger partial charge in [-0.15, -0.1) is 0 Å². The Morgan fingerprint density at radius 3 is 1.82 bits per heavy atom. The number of aliphatic imine (C=N–C) groups is 2. The molecule has 0 unspecified atom stereocenters. The van der Waals surface area contributed by atoms with Crippen LogP contribution in [0, 0.1) is 16.2 Å². The highest BCUT2D eigenvalue weighted by molar-refractivity contribution is 5.33. The second-order valence-electron chi connectivity index (χ2n) is 4.75. The van der Waals surface area contributed by atoms with Crippen LogP contribution in [0.15, 0.2) is 9.98 Å². The summed E-state index contributed by atoms with van der Waals surface area (Å²) in [6.07, 6.45) is 12.5. The maximum absolute atomic E-state index is 10.2. The molecule has 0 saturated heterocycles. The summed E-state index contributed by atoms with van der Waals surface area (Å²) in [5.41, 5.74) is 0.161. The minimum absolute atomic E-state index is 0.161. The zero-order valence-electron chi connectivity index (χ0n) is 12.4. The van der Waals surface area contributed by atoms with E-state index < -0.39 is 0 Å². The molecule has 0 aromatic carbocycles. The van der Waals surface area contributed by atoms with Gasteiger partial charge in [-0.05, 0) is 31.1 Å². The average Bonchev–Trinajstić information content (AvgIpc) is 2.52. The maximum atomic E-state index is 10.2. The van der Waals surface area contributed by atoms with Gasteiger partial charge in [-0.25, -0.2) is 40.0 Å². The first kappa shape index (κ1) is 21.8. The van der Waals surface area contributed by atoms with E-state index in [1.807, 2.05) is 0 Å². The van der Waals surface area contributed by atoms with Gasteiger partial charge in [-0.3, -0.25) is 0 Å². The third-order valence-electron chi connectivity index (χ3n) is 3.43. The lowest BCUT2D eigenvalue weighted by Gasteiger charge is -2.35. The van der Waals surface area contributed by atoms with Gasteiger partial charge in [0.25, 0.3) is 0 Å². The predicted octanol–water partition coefficient (Wildman–Crippen LogP) is 2.19. The van der Waals surface area contributed by atoms with E-state index in [1.54, 1.807) is 12.2 Å². The second kappa shape index (κ2) is 16.6. The number of hydrogen-bond donors (Lipinski definition) is 2. The summed E-state index contributed by atoms with van der Waals surface area (Å²) in [7, 11) is 0. The molecule has 0 spiro atoms. The highest BCUT2D eigenvalue weighted by Crippen LogP contribution is 2.40. The lowest BCUT2D eigenvalue weighted by atomic mass is 9.71. The normalized spacial score (nSPS) is 14.0. The van der Waals surface area contributed by atoms with E-state index in [-0.39, 0.29) is 5.41 Å². The van der Waals surface area contributed by atoms with Gasteiger partial charge in [-0.2, -0.15) is 0 Å². The zero-order chi connectivity index (χ0) is 17.1. The highest BCUT2D eigenvalue weighted by atomic mass is 16.1. The van der Waals surface area contributed by atoms with Crippen LogP contribution in [0.25, 0.3) is 0 Å². The monoisotopic (exact) mass is 308 g/mol. The van der Waals surface area contributed by atoms with Crippen molar-refractivity contribution < 1.29 is 19.2 Å². The number of isocyanates is 4. The fourth-order valence-electron chi connectivity index (χ4n) is 2.57. The highest BCUT2D eigenvalue weighted by Gasteiger charge is 2.31. The Morgan fingerprint density at radius 2 is 1.36 bits per heavy atom. The van der Waals surface area contributed by atoms with Crippen molar-refractivity contribution in [3.05, 3.63) is 0 Å². The molecular weight excluding hydrogens is 288 g/mol. The Morgan fingerprint density at radius 1 is 0.864 bits per heavy atom. The molecular formula is C14H20N4O4. The molecule has 1 aliphatic rings. The number of nitrogens with zero attached hydrogens (tertiary/aromatic N) is 2. The zero-order valence-corrected chi connectivity index (χ0v) is 12.4. The van der Waals surface area contributed by atoms with Crippen molar-refractivity contribution in [2.24, 2.45) is 15.4 Å². The SMILES string of the molecule is N=C=O.N=C=O.O=C=NCCCC1(CN=C=O)CCCCC1. The van der Waals surface area contributed by atoms with E-state index in [9.17, 15) is 9.59 Å². The molecule has 22 heavy (non-hydrogen) atoms. The molecule has 120 valence electrons. The van der Waals surface area contributed by atoms with E-state index in [2.05, 4.69) is 9.98 Å². The van der Waals surface area contributed by atoms with Gasteiger partial charge < -0.3 is 0 Å². The molecule has 1 aliphatic carbocycles. The molecule has 1 fully saturated rings. The van der Waals surface area contributed by atoms with Crippen LogP contribution >= 0.6 is 0 Å². The van der Waals surface area contributed by atoms with Crippen LogP contribution in [0.4, 0.5) is 0 Å². The first-order valence-electron chi connectivity index (χ1n) is 6.81. The molecule has 0 aromatic heterocycles. The number of hydrogen-bond acceptors (Lipinski definition) is 8. The molecule has 0 aliphatic heterocycles. The number of rotatable bonds is 6. The van der Waals surface area contributed by atoms with Crippen LogP contribution in [0.2, 0.25) is 0 Å². The minimum Gasteiger partial charge on any atom is -0.222 e. The smallest absolute Gasteiger partial charge is 0.222 e. The van der Waals surface area contributed by atoms with Gasteiger partial charge in [0.15, 0.2) is 0 Å². The molecule has 0 aromatic rings. The van der Waals surface area contributed by atoms with E-state index >= 15 is 0 Å². The van der Waals surface area contributed by atoms with E-state index in [4.69, 9.17) is 20.4 Å². The molecule has 8 heteroatoms. The summed E-state index contributed by atoms with van der Waals surface area (Å²) in [5, 5.41) is 10.8. The van der Waals surface area contributed by atoms with Gasteiger partial charge >= 0.3 is 0 Å². The first-order valence-corrected chi connectivity index (χ1v) is 6.81. The standard InChI is InChI=1S/C12H18N2O2.2CHNO/c15-10-13-8-4-7-12(9-14-11-16)5-2-1-3-6-12;2*2-1-3/h1-9H2;2*2H. The molecule has 1 saturated carbocycles. The second-order valence-corrected chi connectivity index (χ2v) is 4.75.